The molecule has 0 aliphatic carbocycles. The average Bonchev–Trinajstić information content (AvgIpc) is 3.18. The normalized spacial score (nSPS) is 12.4. The van der Waals surface area contributed by atoms with Gasteiger partial charge in [0, 0.05) is 36.2 Å². The Morgan fingerprint density at radius 1 is 1.10 bits per heavy atom. The van der Waals surface area contributed by atoms with Gasteiger partial charge in [0.05, 0.1) is 20.4 Å². The van der Waals surface area contributed by atoms with Crippen molar-refractivity contribution < 1.29 is 9.47 Å². The Morgan fingerprint density at radius 3 is 2.69 bits per heavy atom. The third-order valence-corrected chi connectivity index (χ3v) is 4.89. The zero-order chi connectivity index (χ0) is 20.4. The summed E-state index contributed by atoms with van der Waals surface area (Å²) < 4.78 is 10.7. The Morgan fingerprint density at radius 2 is 1.93 bits per heavy atom. The Bertz CT molecular complexity index is 1070. The van der Waals surface area contributed by atoms with Crippen molar-refractivity contribution in [2.75, 3.05) is 30.2 Å². The fourth-order valence-electron chi connectivity index (χ4n) is 3.31. The number of hydrogen-bond donors (Lipinski definition) is 3. The quantitative estimate of drug-likeness (QED) is 0.437. The number of hydrogen-bond acceptors (Lipinski definition) is 8. The number of aromatic nitrogens is 2. The number of methoxy groups -OCH3 is 2. The fraction of sp³-hybridized carbons (Fsp3) is 0.190. The minimum absolute atomic E-state index is 0.528. The number of nitrogen functional groups attached to an aromatic ring is 1. The van der Waals surface area contributed by atoms with Crippen molar-refractivity contribution in [2.24, 2.45) is 0 Å². The molecule has 2 heterocycles. The molecule has 8 heteroatoms. The van der Waals surface area contributed by atoms with Crippen LogP contribution in [0.1, 0.15) is 16.7 Å². The Hall–Kier alpha value is -3.81. The van der Waals surface area contributed by atoms with Crippen molar-refractivity contribution in [1.29, 1.82) is 5.41 Å². The molecule has 148 valence electrons. The highest BCUT2D eigenvalue weighted by Crippen LogP contribution is 2.32. The van der Waals surface area contributed by atoms with E-state index in [0.29, 0.717) is 35.3 Å². The van der Waals surface area contributed by atoms with Crippen molar-refractivity contribution in [3.8, 4) is 11.5 Å². The second kappa shape index (κ2) is 7.67. The van der Waals surface area contributed by atoms with Crippen molar-refractivity contribution in [3.05, 3.63) is 59.3 Å². The predicted molar refractivity (Wildman–Crippen MR) is 113 cm³/mol. The van der Waals surface area contributed by atoms with E-state index in [2.05, 4.69) is 26.3 Å². The first kappa shape index (κ1) is 18.5. The summed E-state index contributed by atoms with van der Waals surface area (Å²) in [5, 5.41) is 10.7. The molecule has 4 rings (SSSR count). The number of anilines is 4. The van der Waals surface area contributed by atoms with Crippen LogP contribution < -0.4 is 25.4 Å². The van der Waals surface area contributed by atoms with Gasteiger partial charge in [-0.2, -0.15) is 4.98 Å². The van der Waals surface area contributed by atoms with Gasteiger partial charge < -0.3 is 30.8 Å². The topological polar surface area (TPSA) is 109 Å². The van der Waals surface area contributed by atoms with Gasteiger partial charge in [-0.05, 0) is 41.5 Å². The molecular formula is C21H22N6O2. The second-order valence-corrected chi connectivity index (χ2v) is 6.69. The summed E-state index contributed by atoms with van der Waals surface area (Å²) in [5.41, 5.74) is 10.2. The van der Waals surface area contributed by atoms with Gasteiger partial charge in [-0.15, -0.1) is 0 Å². The van der Waals surface area contributed by atoms with Gasteiger partial charge in [0.2, 0.25) is 5.95 Å². The maximum Gasteiger partial charge on any atom is 0.228 e. The first-order chi connectivity index (χ1) is 14.1. The summed E-state index contributed by atoms with van der Waals surface area (Å²) in [6.07, 6.45) is 2.88. The lowest BCUT2D eigenvalue weighted by Gasteiger charge is -2.18. The van der Waals surface area contributed by atoms with Crippen molar-refractivity contribution in [3.63, 3.8) is 0 Å². The van der Waals surface area contributed by atoms with Crippen molar-refractivity contribution in [1.82, 2.24) is 9.97 Å². The van der Waals surface area contributed by atoms with Crippen LogP contribution in [0.5, 0.6) is 11.5 Å². The number of rotatable bonds is 6. The maximum atomic E-state index is 7.48. The van der Waals surface area contributed by atoms with E-state index in [1.807, 2.05) is 18.2 Å². The molecule has 29 heavy (non-hydrogen) atoms. The number of nitrogens with two attached hydrogens (primary N) is 1. The molecule has 1 aliphatic rings. The van der Waals surface area contributed by atoms with E-state index in [4.69, 9.17) is 20.6 Å². The first-order valence-electron chi connectivity index (χ1n) is 9.10. The molecule has 0 saturated carbocycles. The van der Waals surface area contributed by atoms with Gasteiger partial charge in [-0.3, -0.25) is 0 Å². The molecular weight excluding hydrogens is 368 g/mol. The molecule has 0 fully saturated rings. The van der Waals surface area contributed by atoms with Crippen molar-refractivity contribution >= 4 is 29.4 Å². The third kappa shape index (κ3) is 3.64. The number of ether oxygens (including phenoxy) is 2. The molecule has 0 atom stereocenters. The summed E-state index contributed by atoms with van der Waals surface area (Å²) in [6.45, 7) is 1.43. The third-order valence-electron chi connectivity index (χ3n) is 4.89. The highest BCUT2D eigenvalue weighted by Gasteiger charge is 2.23. The Kier molecular flexibility index (Phi) is 4.90. The van der Waals surface area contributed by atoms with E-state index < -0.39 is 0 Å². The molecule has 0 spiro atoms. The number of nitrogens with one attached hydrogen (secondary N) is 2. The molecule has 0 saturated heterocycles. The molecule has 4 N–H and O–H groups in total. The van der Waals surface area contributed by atoms with Crippen molar-refractivity contribution in [2.45, 2.75) is 13.1 Å². The van der Waals surface area contributed by atoms with Gasteiger partial charge in [-0.1, -0.05) is 6.07 Å². The van der Waals surface area contributed by atoms with Gasteiger partial charge in [0.1, 0.15) is 5.75 Å². The average molecular weight is 390 g/mol. The Labute approximate surface area is 168 Å². The van der Waals surface area contributed by atoms with Crippen LogP contribution in [-0.2, 0) is 13.1 Å². The standard InChI is InChI=1S/C21H22N6O2/c1-28-17-5-3-13-11-27(12-15(13)8-17)21-24-10-19(29-2)20(26-21)25-16-4-6-18(23)14(7-16)9-22/h3-10,22H,11-12,23H2,1-2H3,(H,24,25,26). The van der Waals surface area contributed by atoms with Gasteiger partial charge >= 0.3 is 0 Å². The van der Waals surface area contributed by atoms with Gasteiger partial charge in [0.15, 0.2) is 11.6 Å². The molecule has 1 aromatic heterocycles. The lowest BCUT2D eigenvalue weighted by atomic mass is 10.1. The molecule has 1 aliphatic heterocycles. The minimum Gasteiger partial charge on any atom is -0.497 e. The van der Waals surface area contributed by atoms with E-state index in [0.717, 1.165) is 18.0 Å². The molecule has 3 aromatic rings. The summed E-state index contributed by atoms with van der Waals surface area (Å²) in [7, 11) is 3.24. The van der Waals surface area contributed by atoms with Crippen LogP contribution in [0, 0.1) is 5.41 Å². The van der Waals surface area contributed by atoms with Crippen LogP contribution in [0.3, 0.4) is 0 Å². The summed E-state index contributed by atoms with van der Waals surface area (Å²) >= 11 is 0. The highest BCUT2D eigenvalue weighted by molar-refractivity contribution is 5.87. The second-order valence-electron chi connectivity index (χ2n) is 6.69. The number of benzene rings is 2. The fourth-order valence-corrected chi connectivity index (χ4v) is 3.31. The monoisotopic (exact) mass is 390 g/mol. The van der Waals surface area contributed by atoms with E-state index in [1.54, 1.807) is 32.5 Å². The van der Waals surface area contributed by atoms with E-state index in [9.17, 15) is 0 Å². The molecule has 2 aromatic carbocycles. The highest BCUT2D eigenvalue weighted by atomic mass is 16.5. The number of nitrogens with zero attached hydrogens (tertiary/aromatic N) is 3. The zero-order valence-electron chi connectivity index (χ0n) is 16.3. The minimum atomic E-state index is 0.528. The largest absolute Gasteiger partial charge is 0.497 e. The van der Waals surface area contributed by atoms with Crippen LogP contribution in [0.2, 0.25) is 0 Å². The van der Waals surface area contributed by atoms with Crippen LogP contribution in [0.25, 0.3) is 0 Å². The smallest absolute Gasteiger partial charge is 0.228 e. The van der Waals surface area contributed by atoms with Gasteiger partial charge in [-0.25, -0.2) is 4.98 Å². The SMILES string of the molecule is COc1ccc2c(c1)CN(c1ncc(OC)c(Nc3ccc(N)c(C=N)c3)n1)C2. The summed E-state index contributed by atoms with van der Waals surface area (Å²) in [4.78, 5) is 11.3. The Balaban J connectivity index is 1.61. The van der Waals surface area contributed by atoms with Crippen LogP contribution in [-0.4, -0.2) is 30.4 Å². The molecule has 8 nitrogen and oxygen atoms in total. The molecule has 0 bridgehead atoms. The zero-order valence-corrected chi connectivity index (χ0v) is 16.3. The number of fused-ring (bicyclic) bond motifs is 1. The predicted octanol–water partition coefficient (Wildman–Crippen LogP) is 3.34. The van der Waals surface area contributed by atoms with E-state index in [-0.39, 0.29) is 0 Å². The maximum absolute atomic E-state index is 7.48. The molecule has 0 unspecified atom stereocenters. The lowest BCUT2D eigenvalue weighted by Crippen LogP contribution is -2.18. The summed E-state index contributed by atoms with van der Waals surface area (Å²) in [5.74, 6) is 2.52. The molecule has 0 amide bonds. The van der Waals surface area contributed by atoms with Crippen LogP contribution in [0.4, 0.5) is 23.1 Å². The van der Waals surface area contributed by atoms with E-state index in [1.165, 1.54) is 17.3 Å². The van der Waals surface area contributed by atoms with Crippen LogP contribution >= 0.6 is 0 Å². The van der Waals surface area contributed by atoms with Gasteiger partial charge in [0.25, 0.3) is 0 Å². The first-order valence-corrected chi connectivity index (χ1v) is 9.10. The molecule has 0 radical (unpaired) electrons. The van der Waals surface area contributed by atoms with E-state index >= 15 is 0 Å². The lowest BCUT2D eigenvalue weighted by molar-refractivity contribution is 0.413. The summed E-state index contributed by atoms with van der Waals surface area (Å²) in [6, 6.07) is 11.5. The van der Waals surface area contributed by atoms with Crippen LogP contribution in [0.15, 0.2) is 42.6 Å².